The Morgan fingerprint density at radius 2 is 1.62 bits per heavy atom. The van der Waals surface area contributed by atoms with Crippen molar-refractivity contribution in [2.24, 2.45) is 0 Å². The van der Waals surface area contributed by atoms with Gasteiger partial charge in [0.15, 0.2) is 0 Å². The normalized spacial score (nSPS) is 11.5. The largest absolute Gasteiger partial charge is 0.545 e. The van der Waals surface area contributed by atoms with Crippen LogP contribution in [-0.2, 0) is 11.0 Å². The third-order valence-corrected chi connectivity index (χ3v) is 3.29. The summed E-state index contributed by atoms with van der Waals surface area (Å²) < 4.78 is 37.6. The Bertz CT molecular complexity index is 893. The molecule has 5 nitrogen and oxygen atoms in total. The molecule has 0 aromatic heterocycles. The molecular weight excluding hydrogens is 349 g/mol. The molecule has 132 valence electrons. The number of alkyl halides is 3. The maximum atomic E-state index is 12.5. The van der Waals surface area contributed by atoms with E-state index in [4.69, 9.17) is 5.26 Å². The zero-order chi connectivity index (χ0) is 19.3. The van der Waals surface area contributed by atoms with Gasteiger partial charge in [0.05, 0.1) is 11.5 Å². The fourth-order valence-electron chi connectivity index (χ4n) is 1.97. The van der Waals surface area contributed by atoms with Crippen molar-refractivity contribution in [2.75, 3.05) is 5.32 Å². The van der Waals surface area contributed by atoms with E-state index >= 15 is 0 Å². The third-order valence-electron chi connectivity index (χ3n) is 3.29. The molecule has 0 bridgehead atoms. The van der Waals surface area contributed by atoms with Crippen molar-refractivity contribution in [2.45, 2.75) is 6.18 Å². The average molecular weight is 359 g/mol. The number of carboxylic acids is 1. The number of halogens is 3. The van der Waals surface area contributed by atoms with Gasteiger partial charge in [0.1, 0.15) is 11.6 Å². The highest BCUT2D eigenvalue weighted by molar-refractivity contribution is 6.09. The van der Waals surface area contributed by atoms with Crippen LogP contribution in [0.1, 0.15) is 21.5 Å². The van der Waals surface area contributed by atoms with Crippen molar-refractivity contribution < 1.29 is 27.9 Å². The summed E-state index contributed by atoms with van der Waals surface area (Å²) >= 11 is 0. The number of nitrogens with zero attached hydrogens (tertiary/aromatic N) is 1. The molecule has 0 saturated carbocycles. The van der Waals surface area contributed by atoms with E-state index in [1.165, 1.54) is 24.3 Å². The number of hydrogen-bond acceptors (Lipinski definition) is 4. The molecule has 0 saturated heterocycles. The predicted octanol–water partition coefficient (Wildman–Crippen LogP) is 2.61. The van der Waals surface area contributed by atoms with Crippen LogP contribution in [0.25, 0.3) is 6.08 Å². The van der Waals surface area contributed by atoms with E-state index in [1.54, 1.807) is 6.07 Å². The quantitative estimate of drug-likeness (QED) is 0.671. The number of benzene rings is 2. The first-order chi connectivity index (χ1) is 12.2. The van der Waals surface area contributed by atoms with Gasteiger partial charge in [-0.05, 0) is 41.5 Å². The highest BCUT2D eigenvalue weighted by Crippen LogP contribution is 2.29. The monoisotopic (exact) mass is 359 g/mol. The molecule has 0 radical (unpaired) electrons. The number of carbonyl (C=O) groups excluding carboxylic acids is 2. The van der Waals surface area contributed by atoms with Gasteiger partial charge < -0.3 is 15.2 Å². The smallest absolute Gasteiger partial charge is 0.416 e. The highest BCUT2D eigenvalue weighted by atomic mass is 19.4. The molecule has 0 aliphatic heterocycles. The maximum Gasteiger partial charge on any atom is 0.416 e. The Morgan fingerprint density at radius 3 is 2.08 bits per heavy atom. The van der Waals surface area contributed by atoms with Gasteiger partial charge in [-0.3, -0.25) is 4.79 Å². The van der Waals surface area contributed by atoms with Gasteiger partial charge in [-0.1, -0.05) is 24.3 Å². The summed E-state index contributed by atoms with van der Waals surface area (Å²) in [6, 6.07) is 10.7. The van der Waals surface area contributed by atoms with Crippen LogP contribution >= 0.6 is 0 Å². The van der Waals surface area contributed by atoms with Crippen molar-refractivity contribution >= 4 is 23.6 Å². The van der Waals surface area contributed by atoms with Crippen LogP contribution in [0.3, 0.4) is 0 Å². The van der Waals surface area contributed by atoms with E-state index in [0.717, 1.165) is 30.3 Å². The summed E-state index contributed by atoms with van der Waals surface area (Å²) in [5.74, 6) is -2.16. The van der Waals surface area contributed by atoms with Gasteiger partial charge in [0.25, 0.3) is 5.91 Å². The number of carboxylic acid groups (broad SMARTS) is 1. The fourth-order valence-corrected chi connectivity index (χ4v) is 1.97. The molecule has 0 aliphatic carbocycles. The zero-order valence-corrected chi connectivity index (χ0v) is 13.0. The van der Waals surface area contributed by atoms with Crippen LogP contribution < -0.4 is 10.4 Å². The number of nitrogens with one attached hydrogen (secondary N) is 1. The van der Waals surface area contributed by atoms with Gasteiger partial charge in [0, 0.05) is 5.69 Å². The number of rotatable bonds is 4. The van der Waals surface area contributed by atoms with E-state index in [-0.39, 0.29) is 22.4 Å². The summed E-state index contributed by atoms with van der Waals surface area (Å²) in [5, 5.41) is 22.1. The average Bonchev–Trinajstić information content (AvgIpc) is 2.59. The predicted molar refractivity (Wildman–Crippen MR) is 84.4 cm³/mol. The summed E-state index contributed by atoms with van der Waals surface area (Å²) in [5.41, 5.74) is -0.756. The van der Waals surface area contributed by atoms with E-state index in [0.29, 0.717) is 0 Å². The summed E-state index contributed by atoms with van der Waals surface area (Å²) in [7, 11) is 0. The molecule has 8 heteroatoms. The first-order valence-electron chi connectivity index (χ1n) is 7.12. The van der Waals surface area contributed by atoms with Crippen molar-refractivity contribution in [1.29, 1.82) is 5.26 Å². The number of aromatic carboxylic acids is 1. The molecule has 0 atom stereocenters. The molecule has 0 fully saturated rings. The van der Waals surface area contributed by atoms with Crippen LogP contribution in [0, 0.1) is 11.3 Å². The van der Waals surface area contributed by atoms with Crippen molar-refractivity contribution in [3.63, 3.8) is 0 Å². The molecular formula is C18H10F3N2O3-. The lowest BCUT2D eigenvalue weighted by molar-refractivity contribution is -0.255. The van der Waals surface area contributed by atoms with Crippen molar-refractivity contribution in [1.82, 2.24) is 0 Å². The SMILES string of the molecule is N#C/C(=C\c1ccc(C(F)(F)F)cc1)C(=O)Nc1ccc(C(=O)[O-])cc1. The van der Waals surface area contributed by atoms with E-state index in [2.05, 4.69) is 5.32 Å². The van der Waals surface area contributed by atoms with Gasteiger partial charge in [0.2, 0.25) is 0 Å². The van der Waals surface area contributed by atoms with Gasteiger partial charge in [-0.25, -0.2) is 0 Å². The standard InChI is InChI=1S/C18H11F3N2O3/c19-18(20,21)14-5-1-11(2-6-14)9-13(10-22)16(24)23-15-7-3-12(4-8-15)17(25)26/h1-9H,(H,23,24)(H,25,26)/p-1/b13-9+. The number of anilines is 1. The molecule has 26 heavy (non-hydrogen) atoms. The van der Waals surface area contributed by atoms with Crippen molar-refractivity contribution in [3.8, 4) is 6.07 Å². The van der Waals surface area contributed by atoms with Crippen LogP contribution in [0.4, 0.5) is 18.9 Å². The van der Waals surface area contributed by atoms with Gasteiger partial charge >= 0.3 is 6.18 Å². The molecule has 2 rings (SSSR count). The Labute approximate surface area is 146 Å². The lowest BCUT2D eigenvalue weighted by Gasteiger charge is -2.07. The second-order valence-electron chi connectivity index (χ2n) is 5.11. The number of carbonyl (C=O) groups is 2. The molecule has 1 N–H and O–H groups in total. The minimum absolute atomic E-state index is 0.0798. The number of amides is 1. The molecule has 0 unspecified atom stereocenters. The Kier molecular flexibility index (Phi) is 5.42. The molecule has 1 amide bonds. The van der Waals surface area contributed by atoms with Gasteiger partial charge in [-0.15, -0.1) is 0 Å². The van der Waals surface area contributed by atoms with Crippen LogP contribution in [0.15, 0.2) is 54.1 Å². The summed E-state index contributed by atoms with van der Waals surface area (Å²) in [6.07, 6.45) is -3.33. The lowest BCUT2D eigenvalue weighted by atomic mass is 10.1. The van der Waals surface area contributed by atoms with E-state index in [9.17, 15) is 27.9 Å². The maximum absolute atomic E-state index is 12.5. The minimum Gasteiger partial charge on any atom is -0.545 e. The van der Waals surface area contributed by atoms with Crippen molar-refractivity contribution in [3.05, 3.63) is 70.8 Å². The second kappa shape index (κ2) is 7.53. The van der Waals surface area contributed by atoms with Gasteiger partial charge in [-0.2, -0.15) is 18.4 Å². The summed E-state index contributed by atoms with van der Waals surface area (Å²) in [6.45, 7) is 0. The Hall–Kier alpha value is -3.60. The number of hydrogen-bond donors (Lipinski definition) is 1. The molecule has 0 aliphatic rings. The lowest BCUT2D eigenvalue weighted by Crippen LogP contribution is -2.22. The topological polar surface area (TPSA) is 93.0 Å². The molecule has 0 heterocycles. The first-order valence-corrected chi connectivity index (χ1v) is 7.12. The third kappa shape index (κ3) is 4.70. The zero-order valence-electron chi connectivity index (χ0n) is 13.0. The Morgan fingerprint density at radius 1 is 1.04 bits per heavy atom. The molecule has 2 aromatic carbocycles. The Balaban J connectivity index is 2.16. The first kappa shape index (κ1) is 18.7. The number of nitriles is 1. The highest BCUT2D eigenvalue weighted by Gasteiger charge is 2.29. The summed E-state index contributed by atoms with van der Waals surface area (Å²) in [4.78, 5) is 22.7. The van der Waals surface area contributed by atoms with Crippen LogP contribution in [-0.4, -0.2) is 11.9 Å². The van der Waals surface area contributed by atoms with Crippen LogP contribution in [0.2, 0.25) is 0 Å². The molecule has 0 spiro atoms. The van der Waals surface area contributed by atoms with Crippen LogP contribution in [0.5, 0.6) is 0 Å². The van der Waals surface area contributed by atoms with E-state index < -0.39 is 23.6 Å². The second-order valence-corrected chi connectivity index (χ2v) is 5.11. The molecule has 2 aromatic rings. The fraction of sp³-hybridized carbons (Fsp3) is 0.0556. The minimum atomic E-state index is -4.48. The van der Waals surface area contributed by atoms with E-state index in [1.807, 2.05) is 0 Å².